The van der Waals surface area contributed by atoms with Gasteiger partial charge in [0.2, 0.25) is 5.91 Å². The van der Waals surface area contributed by atoms with Gasteiger partial charge in [-0.25, -0.2) is 4.79 Å². The summed E-state index contributed by atoms with van der Waals surface area (Å²) in [6.45, 7) is 2.46. The number of nitrogens with zero attached hydrogens (tertiary/aromatic N) is 1. The van der Waals surface area contributed by atoms with Gasteiger partial charge in [0.1, 0.15) is 5.75 Å². The van der Waals surface area contributed by atoms with Crippen molar-refractivity contribution in [2.45, 2.75) is 32.1 Å². The highest BCUT2D eigenvalue weighted by atomic mass is 16.5. The van der Waals surface area contributed by atoms with Crippen molar-refractivity contribution in [2.75, 3.05) is 29.2 Å². The Bertz CT molecular complexity index is 1580. The summed E-state index contributed by atoms with van der Waals surface area (Å²) in [4.78, 5) is 39.2. The van der Waals surface area contributed by atoms with Gasteiger partial charge in [-0.05, 0) is 71.5 Å². The van der Waals surface area contributed by atoms with E-state index in [2.05, 4.69) is 10.6 Å². The van der Waals surface area contributed by atoms with Crippen LogP contribution in [0.15, 0.2) is 83.7 Å². The second-order valence-corrected chi connectivity index (χ2v) is 10.00. The lowest BCUT2D eigenvalue weighted by molar-refractivity contribution is -0.137. The van der Waals surface area contributed by atoms with Crippen LogP contribution in [0.3, 0.4) is 0 Å². The normalized spacial score (nSPS) is 12.9. The number of amides is 3. The van der Waals surface area contributed by atoms with Crippen LogP contribution in [0.2, 0.25) is 0 Å². The molecule has 0 fully saturated rings. The molecule has 0 saturated carbocycles. The Morgan fingerprint density at radius 1 is 1.00 bits per heavy atom. The summed E-state index contributed by atoms with van der Waals surface area (Å²) in [7, 11) is 1.51. The third-order valence-corrected chi connectivity index (χ3v) is 7.29. The van der Waals surface area contributed by atoms with E-state index in [4.69, 9.17) is 9.15 Å². The highest BCUT2D eigenvalue weighted by Crippen LogP contribution is 2.35. The van der Waals surface area contributed by atoms with Gasteiger partial charge >= 0.3 is 12.0 Å². The lowest BCUT2D eigenvalue weighted by atomic mass is 9.89. The van der Waals surface area contributed by atoms with Crippen LogP contribution in [0.1, 0.15) is 40.2 Å². The van der Waals surface area contributed by atoms with Crippen LogP contribution in [-0.2, 0) is 22.4 Å². The number of methoxy groups -OCH3 is 1. The molecule has 9 nitrogen and oxygen atoms in total. The predicted molar refractivity (Wildman–Crippen MR) is 156 cm³/mol. The zero-order valence-electron chi connectivity index (χ0n) is 22.8. The number of urea groups is 1. The van der Waals surface area contributed by atoms with Crippen molar-refractivity contribution >= 4 is 35.0 Å². The molecule has 3 amide bonds. The maximum Gasteiger partial charge on any atom is 0.323 e. The number of hydrogen-bond acceptors (Lipinski definition) is 5. The zero-order chi connectivity index (χ0) is 28.9. The summed E-state index contributed by atoms with van der Waals surface area (Å²) in [6, 6.07) is 19.9. The number of anilines is 3. The van der Waals surface area contributed by atoms with E-state index in [-0.39, 0.29) is 24.7 Å². The zero-order valence-corrected chi connectivity index (χ0v) is 22.8. The number of para-hydroxylation sites is 1. The van der Waals surface area contributed by atoms with Crippen molar-refractivity contribution in [3.63, 3.8) is 0 Å². The Labute approximate surface area is 237 Å². The third-order valence-electron chi connectivity index (χ3n) is 7.29. The summed E-state index contributed by atoms with van der Waals surface area (Å²) in [5.41, 5.74) is 6.42. The molecule has 3 aromatic carbocycles. The average Bonchev–Trinajstić information content (AvgIpc) is 3.64. The van der Waals surface area contributed by atoms with E-state index in [0.717, 1.165) is 33.5 Å². The average molecular weight is 554 g/mol. The van der Waals surface area contributed by atoms with Gasteiger partial charge in [-0.2, -0.15) is 0 Å². The molecular formula is C32H31N3O6. The van der Waals surface area contributed by atoms with Crippen molar-refractivity contribution in [3.8, 4) is 5.75 Å². The Hall–Kier alpha value is -5.05. The molecule has 0 bridgehead atoms. The topological polar surface area (TPSA) is 121 Å². The fourth-order valence-corrected chi connectivity index (χ4v) is 5.18. The summed E-state index contributed by atoms with van der Waals surface area (Å²) < 4.78 is 10.7. The highest BCUT2D eigenvalue weighted by Gasteiger charge is 2.27. The van der Waals surface area contributed by atoms with Crippen LogP contribution in [0.25, 0.3) is 0 Å². The van der Waals surface area contributed by atoms with Crippen molar-refractivity contribution < 1.29 is 28.6 Å². The second kappa shape index (κ2) is 12.0. The van der Waals surface area contributed by atoms with Crippen molar-refractivity contribution in [2.24, 2.45) is 0 Å². The number of carbonyl (C=O) groups is 3. The molecule has 2 heterocycles. The number of benzene rings is 3. The first kappa shape index (κ1) is 27.5. The van der Waals surface area contributed by atoms with Crippen molar-refractivity contribution in [1.29, 1.82) is 0 Å². The number of carboxylic acids is 1. The van der Waals surface area contributed by atoms with Gasteiger partial charge in [-0.15, -0.1) is 0 Å². The smallest absolute Gasteiger partial charge is 0.323 e. The summed E-state index contributed by atoms with van der Waals surface area (Å²) >= 11 is 0. The molecule has 1 atom stereocenters. The number of nitrogens with one attached hydrogen (secondary N) is 2. The summed E-state index contributed by atoms with van der Waals surface area (Å²) in [6.07, 6.45) is 3.89. The van der Waals surface area contributed by atoms with Crippen LogP contribution < -0.4 is 20.3 Å². The molecule has 0 radical (unpaired) electrons. The van der Waals surface area contributed by atoms with Crippen LogP contribution >= 0.6 is 0 Å². The number of ether oxygens (including phenoxy) is 1. The quantitative estimate of drug-likeness (QED) is 0.235. The second-order valence-electron chi connectivity index (χ2n) is 10.00. The van der Waals surface area contributed by atoms with Gasteiger partial charge in [0.25, 0.3) is 0 Å². The highest BCUT2D eigenvalue weighted by molar-refractivity contribution is 6.01. The molecule has 210 valence electrons. The SMILES string of the molecule is COc1cc(CC(=O)N2CCc3cc(C(CC(=O)O)c4ccoc4)ccc32)ccc1NC(=O)Nc1ccccc1C. The monoisotopic (exact) mass is 553 g/mol. The van der Waals surface area contributed by atoms with E-state index < -0.39 is 12.0 Å². The van der Waals surface area contributed by atoms with E-state index >= 15 is 0 Å². The molecule has 0 spiro atoms. The number of fused-ring (bicyclic) bond motifs is 1. The van der Waals surface area contributed by atoms with Crippen molar-refractivity contribution in [3.05, 3.63) is 107 Å². The van der Waals surface area contributed by atoms with Crippen LogP contribution in [-0.4, -0.2) is 36.7 Å². The Balaban J connectivity index is 1.27. The Morgan fingerprint density at radius 3 is 2.54 bits per heavy atom. The van der Waals surface area contributed by atoms with Crippen molar-refractivity contribution in [1.82, 2.24) is 0 Å². The predicted octanol–water partition coefficient (Wildman–Crippen LogP) is 5.98. The first-order chi connectivity index (χ1) is 19.8. The van der Waals surface area contributed by atoms with E-state index in [1.807, 2.05) is 49.4 Å². The molecule has 0 saturated heterocycles. The summed E-state index contributed by atoms with van der Waals surface area (Å²) in [5, 5.41) is 15.1. The standard InChI is InChI=1S/C32H31N3O6/c1-20-5-3-4-6-26(20)33-32(39)34-27-9-7-21(15-29(27)40-2)16-30(36)35-13-11-23-17-22(8-10-28(23)35)25(18-31(37)38)24-12-14-41-19-24/h3-10,12,14-15,17,19,25H,11,13,16,18H2,1-2H3,(H,37,38)(H2,33,34,39). The molecule has 4 aromatic rings. The van der Waals surface area contributed by atoms with E-state index in [9.17, 15) is 19.5 Å². The third kappa shape index (κ3) is 6.24. The van der Waals surface area contributed by atoms with Gasteiger partial charge in [0.05, 0.1) is 38.2 Å². The molecule has 1 aromatic heterocycles. The molecular weight excluding hydrogens is 522 g/mol. The Morgan fingerprint density at radius 2 is 1.80 bits per heavy atom. The van der Waals surface area contributed by atoms with E-state index in [0.29, 0.717) is 30.1 Å². The first-order valence-corrected chi connectivity index (χ1v) is 13.3. The maximum atomic E-state index is 13.3. The number of aryl methyl sites for hydroxylation is 1. The van der Waals surface area contributed by atoms with E-state index in [1.165, 1.54) is 13.4 Å². The minimum atomic E-state index is -0.892. The largest absolute Gasteiger partial charge is 0.495 e. The molecule has 1 unspecified atom stereocenters. The van der Waals surface area contributed by atoms with Gasteiger partial charge in [0, 0.05) is 23.8 Å². The number of carbonyl (C=O) groups excluding carboxylic acids is 2. The van der Waals surface area contributed by atoms with E-state index in [1.54, 1.807) is 35.4 Å². The fraction of sp³-hybridized carbons (Fsp3) is 0.219. The van der Waals surface area contributed by atoms with Crippen LogP contribution in [0.5, 0.6) is 5.75 Å². The number of furan rings is 1. The van der Waals surface area contributed by atoms with Crippen LogP contribution in [0.4, 0.5) is 21.9 Å². The minimum Gasteiger partial charge on any atom is -0.495 e. The lowest BCUT2D eigenvalue weighted by Gasteiger charge is -2.20. The molecule has 5 rings (SSSR count). The minimum absolute atomic E-state index is 0.0544. The Kier molecular flexibility index (Phi) is 8.05. The fourth-order valence-electron chi connectivity index (χ4n) is 5.18. The molecule has 41 heavy (non-hydrogen) atoms. The van der Waals surface area contributed by atoms with Gasteiger partial charge in [-0.1, -0.05) is 36.4 Å². The first-order valence-electron chi connectivity index (χ1n) is 13.3. The van der Waals surface area contributed by atoms with Gasteiger partial charge < -0.3 is 29.8 Å². The van der Waals surface area contributed by atoms with Gasteiger partial charge in [-0.3, -0.25) is 9.59 Å². The molecule has 1 aliphatic heterocycles. The molecule has 1 aliphatic rings. The maximum absolute atomic E-state index is 13.3. The number of hydrogen-bond donors (Lipinski definition) is 3. The number of rotatable bonds is 9. The molecule has 9 heteroatoms. The molecule has 0 aliphatic carbocycles. The van der Waals surface area contributed by atoms with Gasteiger partial charge in [0.15, 0.2) is 0 Å². The van der Waals surface area contributed by atoms with Crippen LogP contribution in [0, 0.1) is 6.92 Å². The number of carboxylic acid groups (broad SMARTS) is 1. The lowest BCUT2D eigenvalue weighted by Crippen LogP contribution is -2.30. The summed E-state index contributed by atoms with van der Waals surface area (Å²) in [5.74, 6) is -0.837. The molecule has 3 N–H and O–H groups in total. The number of aliphatic carboxylic acids is 1.